The molecule has 0 radical (unpaired) electrons. The van der Waals surface area contributed by atoms with Gasteiger partial charge in [-0.1, -0.05) is 36.4 Å². The van der Waals surface area contributed by atoms with Crippen LogP contribution in [0.1, 0.15) is 34.8 Å². The van der Waals surface area contributed by atoms with Crippen LogP contribution in [0.2, 0.25) is 0 Å². The summed E-state index contributed by atoms with van der Waals surface area (Å²) in [6, 6.07) is 18.1. The molecule has 1 N–H and O–H groups in total. The van der Waals surface area contributed by atoms with Gasteiger partial charge in [0.2, 0.25) is 0 Å². The Bertz CT molecular complexity index is 607. The second-order valence-corrected chi connectivity index (χ2v) is 6.46. The van der Waals surface area contributed by atoms with Crippen molar-refractivity contribution in [1.82, 2.24) is 5.32 Å². The zero-order valence-corrected chi connectivity index (χ0v) is 13.2. The number of benzene rings is 2. The van der Waals surface area contributed by atoms with Gasteiger partial charge < -0.3 is 5.32 Å². The molecule has 3 heteroatoms. The first-order valence-corrected chi connectivity index (χ1v) is 7.93. The highest BCUT2D eigenvalue weighted by Gasteiger charge is 2.33. The lowest BCUT2D eigenvalue weighted by Crippen LogP contribution is -2.29. The third kappa shape index (κ3) is 3.20. The van der Waals surface area contributed by atoms with E-state index in [1.165, 1.54) is 18.4 Å². The van der Waals surface area contributed by atoms with Gasteiger partial charge in [0, 0.05) is 9.13 Å². The van der Waals surface area contributed by atoms with Gasteiger partial charge in [0.1, 0.15) is 0 Å². The maximum absolute atomic E-state index is 12.4. The summed E-state index contributed by atoms with van der Waals surface area (Å²) in [6.45, 7) is 0. The van der Waals surface area contributed by atoms with Crippen LogP contribution in [0, 0.1) is 9.49 Å². The number of hydrogen-bond acceptors (Lipinski definition) is 1. The fraction of sp³-hybridized carbons (Fsp3) is 0.235. The van der Waals surface area contributed by atoms with Crippen molar-refractivity contribution in [3.63, 3.8) is 0 Å². The lowest BCUT2D eigenvalue weighted by atomic mass is 10.0. The molecule has 2 nitrogen and oxygen atoms in total. The number of rotatable bonds is 4. The van der Waals surface area contributed by atoms with Gasteiger partial charge in [-0.25, -0.2) is 0 Å². The van der Waals surface area contributed by atoms with Crippen molar-refractivity contribution < 1.29 is 4.79 Å². The molecule has 1 atom stereocenters. The van der Waals surface area contributed by atoms with E-state index >= 15 is 0 Å². The minimum absolute atomic E-state index is 0.0178. The summed E-state index contributed by atoms with van der Waals surface area (Å²) < 4.78 is 1.08. The second-order valence-electron chi connectivity index (χ2n) is 5.21. The Morgan fingerprint density at radius 3 is 2.50 bits per heavy atom. The molecule has 0 heterocycles. The third-order valence-corrected chi connectivity index (χ3v) is 4.30. The molecular weight excluding hydrogens is 361 g/mol. The maximum atomic E-state index is 12.4. The Balaban J connectivity index is 1.79. The summed E-state index contributed by atoms with van der Waals surface area (Å²) in [5, 5.41) is 3.20. The Hall–Kier alpha value is -1.36. The highest BCUT2D eigenvalue weighted by Crippen LogP contribution is 2.41. The minimum atomic E-state index is 0.0178. The molecule has 0 saturated heterocycles. The highest BCUT2D eigenvalue weighted by molar-refractivity contribution is 14.1. The lowest BCUT2D eigenvalue weighted by Gasteiger charge is -2.19. The lowest BCUT2D eigenvalue weighted by molar-refractivity contribution is 0.0931. The number of amides is 1. The van der Waals surface area contributed by atoms with Crippen molar-refractivity contribution in [2.75, 3.05) is 0 Å². The van der Waals surface area contributed by atoms with Crippen molar-refractivity contribution in [2.24, 2.45) is 5.92 Å². The standard InChI is InChI=1S/C17H16INO/c18-15-8-4-7-14(11-15)17(20)19-16(13-9-10-13)12-5-2-1-3-6-12/h1-8,11,13,16H,9-10H2,(H,19,20). The van der Waals surface area contributed by atoms with Crippen LogP contribution in [0.15, 0.2) is 54.6 Å². The van der Waals surface area contributed by atoms with Crippen LogP contribution in [-0.4, -0.2) is 5.91 Å². The van der Waals surface area contributed by atoms with Gasteiger partial charge in [-0.2, -0.15) is 0 Å². The van der Waals surface area contributed by atoms with E-state index in [4.69, 9.17) is 0 Å². The van der Waals surface area contributed by atoms with E-state index in [2.05, 4.69) is 40.0 Å². The molecule has 2 aromatic carbocycles. The molecule has 102 valence electrons. The quantitative estimate of drug-likeness (QED) is 0.797. The monoisotopic (exact) mass is 377 g/mol. The van der Waals surface area contributed by atoms with Crippen molar-refractivity contribution in [3.8, 4) is 0 Å². The minimum Gasteiger partial charge on any atom is -0.345 e. The summed E-state index contributed by atoms with van der Waals surface area (Å²) in [5.74, 6) is 0.605. The summed E-state index contributed by atoms with van der Waals surface area (Å²) in [6.07, 6.45) is 2.40. The Morgan fingerprint density at radius 2 is 1.85 bits per heavy atom. The smallest absolute Gasteiger partial charge is 0.251 e. The fourth-order valence-electron chi connectivity index (χ4n) is 2.42. The first kappa shape index (κ1) is 13.6. The van der Waals surface area contributed by atoms with Crippen LogP contribution in [0.3, 0.4) is 0 Å². The average molecular weight is 377 g/mol. The zero-order chi connectivity index (χ0) is 13.9. The molecule has 0 spiro atoms. The molecule has 0 bridgehead atoms. The van der Waals surface area contributed by atoms with Crippen molar-refractivity contribution in [3.05, 3.63) is 69.3 Å². The summed E-state index contributed by atoms with van der Waals surface area (Å²) in [4.78, 5) is 12.4. The van der Waals surface area contributed by atoms with Gasteiger partial charge in [0.15, 0.2) is 0 Å². The van der Waals surface area contributed by atoms with E-state index in [1.54, 1.807) is 0 Å². The molecule has 1 fully saturated rings. The molecule has 0 aliphatic heterocycles. The molecule has 1 aliphatic carbocycles. The number of halogens is 1. The Kier molecular flexibility index (Phi) is 4.05. The third-order valence-electron chi connectivity index (χ3n) is 3.63. The molecule has 1 unspecified atom stereocenters. The molecule has 3 rings (SSSR count). The van der Waals surface area contributed by atoms with Crippen LogP contribution < -0.4 is 5.32 Å². The molecular formula is C17H16INO. The van der Waals surface area contributed by atoms with Crippen LogP contribution in [0.25, 0.3) is 0 Å². The predicted molar refractivity (Wildman–Crippen MR) is 88.5 cm³/mol. The van der Waals surface area contributed by atoms with E-state index in [0.717, 1.165) is 9.13 Å². The van der Waals surface area contributed by atoms with Gasteiger partial charge in [0.25, 0.3) is 5.91 Å². The van der Waals surface area contributed by atoms with Crippen LogP contribution in [-0.2, 0) is 0 Å². The predicted octanol–water partition coefficient (Wildman–Crippen LogP) is 4.17. The average Bonchev–Trinajstić information content (AvgIpc) is 3.30. The van der Waals surface area contributed by atoms with Gasteiger partial charge in [-0.15, -0.1) is 0 Å². The zero-order valence-electron chi connectivity index (χ0n) is 11.1. The normalized spacial score (nSPS) is 15.7. The fourth-order valence-corrected chi connectivity index (χ4v) is 2.96. The van der Waals surface area contributed by atoms with Gasteiger partial charge in [-0.3, -0.25) is 4.79 Å². The molecule has 1 aliphatic rings. The molecule has 1 amide bonds. The summed E-state index contributed by atoms with van der Waals surface area (Å²) >= 11 is 2.23. The second kappa shape index (κ2) is 5.95. The largest absolute Gasteiger partial charge is 0.345 e. The number of carbonyl (C=O) groups excluding carboxylic acids is 1. The Morgan fingerprint density at radius 1 is 1.10 bits per heavy atom. The number of nitrogens with one attached hydrogen (secondary N) is 1. The maximum Gasteiger partial charge on any atom is 0.251 e. The topological polar surface area (TPSA) is 29.1 Å². The number of hydrogen-bond donors (Lipinski definition) is 1. The number of carbonyl (C=O) groups is 1. The molecule has 0 aromatic heterocycles. The summed E-state index contributed by atoms with van der Waals surface area (Å²) in [5.41, 5.74) is 1.94. The van der Waals surface area contributed by atoms with Crippen LogP contribution in [0.5, 0.6) is 0 Å². The van der Waals surface area contributed by atoms with E-state index in [1.807, 2.05) is 42.5 Å². The SMILES string of the molecule is O=C(NC(c1ccccc1)C1CC1)c1cccc(I)c1. The van der Waals surface area contributed by atoms with Gasteiger partial charge in [-0.05, 0) is 65.1 Å². The Labute approximate surface area is 132 Å². The van der Waals surface area contributed by atoms with Crippen molar-refractivity contribution >= 4 is 28.5 Å². The van der Waals surface area contributed by atoms with Crippen LogP contribution in [0.4, 0.5) is 0 Å². The molecule has 20 heavy (non-hydrogen) atoms. The molecule has 2 aromatic rings. The van der Waals surface area contributed by atoms with Gasteiger partial charge >= 0.3 is 0 Å². The van der Waals surface area contributed by atoms with E-state index in [9.17, 15) is 4.79 Å². The van der Waals surface area contributed by atoms with Crippen molar-refractivity contribution in [2.45, 2.75) is 18.9 Å². The molecule has 1 saturated carbocycles. The summed E-state index contributed by atoms with van der Waals surface area (Å²) in [7, 11) is 0. The highest BCUT2D eigenvalue weighted by atomic mass is 127. The van der Waals surface area contributed by atoms with E-state index in [0.29, 0.717) is 5.92 Å². The first-order valence-electron chi connectivity index (χ1n) is 6.85. The van der Waals surface area contributed by atoms with Gasteiger partial charge in [0.05, 0.1) is 6.04 Å². The van der Waals surface area contributed by atoms with Crippen molar-refractivity contribution in [1.29, 1.82) is 0 Å². The first-order chi connectivity index (χ1) is 9.74. The van der Waals surface area contributed by atoms with E-state index < -0.39 is 0 Å². The van der Waals surface area contributed by atoms with Crippen LogP contribution >= 0.6 is 22.6 Å². The van der Waals surface area contributed by atoms with E-state index in [-0.39, 0.29) is 11.9 Å².